The average molecular weight is 273 g/mol. The van der Waals surface area contributed by atoms with Crippen LogP contribution in [-0.4, -0.2) is 17.9 Å². The Morgan fingerprint density at radius 3 is 2.85 bits per heavy atom. The molecule has 0 atom stereocenters. The molecule has 20 heavy (non-hydrogen) atoms. The van der Waals surface area contributed by atoms with Crippen molar-refractivity contribution in [2.45, 2.75) is 26.8 Å². The zero-order valence-electron chi connectivity index (χ0n) is 12.0. The first-order chi connectivity index (χ1) is 9.63. The number of aryl methyl sites for hydroxylation is 2. The van der Waals surface area contributed by atoms with E-state index in [1.54, 1.807) is 13.2 Å². The maximum Gasteiger partial charge on any atom is 0.253 e. The van der Waals surface area contributed by atoms with Gasteiger partial charge in [0.15, 0.2) is 0 Å². The molecule has 106 valence electrons. The van der Waals surface area contributed by atoms with E-state index in [0.29, 0.717) is 11.5 Å². The van der Waals surface area contributed by atoms with Crippen LogP contribution in [0.3, 0.4) is 0 Å². The van der Waals surface area contributed by atoms with E-state index in [9.17, 15) is 4.79 Å². The first-order valence-corrected chi connectivity index (χ1v) is 6.64. The summed E-state index contributed by atoms with van der Waals surface area (Å²) in [6, 6.07) is 5.71. The molecule has 2 aromatic rings. The van der Waals surface area contributed by atoms with Crippen molar-refractivity contribution in [3.63, 3.8) is 0 Å². The van der Waals surface area contributed by atoms with E-state index in [1.165, 1.54) is 0 Å². The Bertz CT molecular complexity index is 605. The lowest BCUT2D eigenvalue weighted by atomic mass is 10.1. The molecule has 5 heteroatoms. The topological polar surface area (TPSA) is 67.2 Å². The summed E-state index contributed by atoms with van der Waals surface area (Å²) in [7, 11) is 1.79. The Labute approximate surface area is 118 Å². The molecule has 0 unspecified atom stereocenters. The normalized spacial score (nSPS) is 10.3. The van der Waals surface area contributed by atoms with Gasteiger partial charge in [-0.2, -0.15) is 0 Å². The number of oxazole rings is 1. The summed E-state index contributed by atoms with van der Waals surface area (Å²) in [6.45, 7) is 4.24. The molecule has 0 radical (unpaired) electrons. The van der Waals surface area contributed by atoms with Gasteiger partial charge in [-0.25, -0.2) is 4.98 Å². The van der Waals surface area contributed by atoms with Gasteiger partial charge in [-0.3, -0.25) is 4.79 Å². The number of aromatic nitrogens is 1. The third-order valence-electron chi connectivity index (χ3n) is 3.04. The van der Waals surface area contributed by atoms with Gasteiger partial charge in [0.25, 0.3) is 5.91 Å². The van der Waals surface area contributed by atoms with Crippen molar-refractivity contribution in [1.29, 1.82) is 0 Å². The van der Waals surface area contributed by atoms with Crippen molar-refractivity contribution in [3.8, 4) is 0 Å². The fourth-order valence-electron chi connectivity index (χ4n) is 1.91. The first-order valence-electron chi connectivity index (χ1n) is 6.64. The molecule has 1 heterocycles. The number of carbonyl (C=O) groups is 1. The van der Waals surface area contributed by atoms with Crippen LogP contribution in [0.2, 0.25) is 0 Å². The molecular formula is C15H19N3O2. The van der Waals surface area contributed by atoms with Crippen molar-refractivity contribution < 1.29 is 9.21 Å². The molecule has 0 aliphatic rings. The second-order valence-corrected chi connectivity index (χ2v) is 4.56. The lowest BCUT2D eigenvalue weighted by Crippen LogP contribution is -2.24. The molecule has 0 saturated heterocycles. The van der Waals surface area contributed by atoms with Crippen molar-refractivity contribution in [3.05, 3.63) is 47.2 Å². The summed E-state index contributed by atoms with van der Waals surface area (Å²) < 4.78 is 5.46. The minimum atomic E-state index is -0.144. The second-order valence-electron chi connectivity index (χ2n) is 4.56. The highest BCUT2D eigenvalue weighted by atomic mass is 16.4. The number of nitrogens with zero attached hydrogens (tertiary/aromatic N) is 1. The SMILES string of the molecule is CCc1cnc(CNC(=O)c2cc(C)ccc2NC)o1. The largest absolute Gasteiger partial charge is 0.444 e. The van der Waals surface area contributed by atoms with E-state index in [1.807, 2.05) is 32.0 Å². The van der Waals surface area contributed by atoms with Crippen LogP contribution in [0.5, 0.6) is 0 Å². The smallest absolute Gasteiger partial charge is 0.253 e. The quantitative estimate of drug-likeness (QED) is 0.878. The molecule has 2 rings (SSSR count). The van der Waals surface area contributed by atoms with Crippen molar-refractivity contribution in [2.24, 2.45) is 0 Å². The van der Waals surface area contributed by atoms with Gasteiger partial charge < -0.3 is 15.1 Å². The minimum Gasteiger partial charge on any atom is -0.444 e. The van der Waals surface area contributed by atoms with E-state index in [4.69, 9.17) is 4.42 Å². The van der Waals surface area contributed by atoms with Gasteiger partial charge >= 0.3 is 0 Å². The summed E-state index contributed by atoms with van der Waals surface area (Å²) in [5.41, 5.74) is 2.46. The van der Waals surface area contributed by atoms with E-state index in [2.05, 4.69) is 15.6 Å². The number of carbonyl (C=O) groups excluding carboxylic acids is 1. The van der Waals surface area contributed by atoms with Gasteiger partial charge in [0.2, 0.25) is 5.89 Å². The highest BCUT2D eigenvalue weighted by molar-refractivity contribution is 5.99. The van der Waals surface area contributed by atoms with Crippen LogP contribution < -0.4 is 10.6 Å². The molecular weight excluding hydrogens is 254 g/mol. The summed E-state index contributed by atoms with van der Waals surface area (Å²) in [4.78, 5) is 16.3. The summed E-state index contributed by atoms with van der Waals surface area (Å²) in [6.07, 6.45) is 2.48. The van der Waals surface area contributed by atoms with Crippen LogP contribution in [-0.2, 0) is 13.0 Å². The van der Waals surface area contributed by atoms with Crippen LogP contribution in [0.25, 0.3) is 0 Å². The standard InChI is InChI=1S/C15H19N3O2/c1-4-11-8-17-14(20-11)9-18-15(19)12-7-10(2)5-6-13(12)16-3/h5-8,16H,4,9H2,1-3H3,(H,18,19). The van der Waals surface area contributed by atoms with Gasteiger partial charge in [-0.15, -0.1) is 0 Å². The first kappa shape index (κ1) is 14.1. The molecule has 2 N–H and O–H groups in total. The molecule has 1 amide bonds. The number of amides is 1. The number of anilines is 1. The van der Waals surface area contributed by atoms with E-state index >= 15 is 0 Å². The number of nitrogens with one attached hydrogen (secondary N) is 2. The third-order valence-corrected chi connectivity index (χ3v) is 3.04. The number of rotatable bonds is 5. The zero-order chi connectivity index (χ0) is 14.5. The number of benzene rings is 1. The summed E-state index contributed by atoms with van der Waals surface area (Å²) in [5, 5.41) is 5.83. The van der Waals surface area contributed by atoms with Crippen LogP contribution in [0.4, 0.5) is 5.69 Å². The third kappa shape index (κ3) is 3.17. The molecule has 0 saturated carbocycles. The highest BCUT2D eigenvalue weighted by Gasteiger charge is 2.12. The molecule has 0 bridgehead atoms. The maximum absolute atomic E-state index is 12.2. The molecule has 0 spiro atoms. The van der Waals surface area contributed by atoms with Gasteiger partial charge in [-0.05, 0) is 19.1 Å². The zero-order valence-corrected chi connectivity index (χ0v) is 12.0. The van der Waals surface area contributed by atoms with Crippen LogP contribution in [0.15, 0.2) is 28.8 Å². The Kier molecular flexibility index (Phi) is 4.40. The summed E-state index contributed by atoms with van der Waals surface area (Å²) in [5.74, 6) is 1.20. The molecule has 1 aromatic carbocycles. The summed E-state index contributed by atoms with van der Waals surface area (Å²) >= 11 is 0. The molecule has 0 fully saturated rings. The highest BCUT2D eigenvalue weighted by Crippen LogP contribution is 2.16. The average Bonchev–Trinajstić information content (AvgIpc) is 2.92. The van der Waals surface area contributed by atoms with Gasteiger partial charge in [0.05, 0.1) is 18.3 Å². The van der Waals surface area contributed by atoms with E-state index < -0.39 is 0 Å². The molecule has 1 aromatic heterocycles. The fraction of sp³-hybridized carbons (Fsp3) is 0.333. The Hall–Kier alpha value is -2.30. The number of hydrogen-bond acceptors (Lipinski definition) is 4. The van der Waals surface area contributed by atoms with Crippen molar-refractivity contribution in [1.82, 2.24) is 10.3 Å². The molecule has 0 aliphatic carbocycles. The monoisotopic (exact) mass is 273 g/mol. The molecule has 0 aliphatic heterocycles. The lowest BCUT2D eigenvalue weighted by Gasteiger charge is -2.09. The van der Waals surface area contributed by atoms with Crippen LogP contribution >= 0.6 is 0 Å². The Morgan fingerprint density at radius 1 is 1.40 bits per heavy atom. The lowest BCUT2D eigenvalue weighted by molar-refractivity contribution is 0.0948. The Balaban J connectivity index is 2.06. The van der Waals surface area contributed by atoms with Gasteiger partial charge in [-0.1, -0.05) is 18.6 Å². The van der Waals surface area contributed by atoms with Gasteiger partial charge in [0, 0.05) is 19.2 Å². The van der Waals surface area contributed by atoms with E-state index in [-0.39, 0.29) is 12.5 Å². The minimum absolute atomic E-state index is 0.144. The van der Waals surface area contributed by atoms with Crippen molar-refractivity contribution >= 4 is 11.6 Å². The van der Waals surface area contributed by atoms with Gasteiger partial charge in [0.1, 0.15) is 5.76 Å². The predicted molar refractivity (Wildman–Crippen MR) is 77.8 cm³/mol. The van der Waals surface area contributed by atoms with Crippen LogP contribution in [0.1, 0.15) is 34.5 Å². The predicted octanol–water partition coefficient (Wildman–Crippen LogP) is 2.52. The fourth-order valence-corrected chi connectivity index (χ4v) is 1.91. The van der Waals surface area contributed by atoms with E-state index in [0.717, 1.165) is 23.4 Å². The Morgan fingerprint density at radius 2 is 2.20 bits per heavy atom. The number of hydrogen-bond donors (Lipinski definition) is 2. The van der Waals surface area contributed by atoms with Crippen LogP contribution in [0, 0.1) is 6.92 Å². The second kappa shape index (κ2) is 6.23. The van der Waals surface area contributed by atoms with Crippen molar-refractivity contribution in [2.75, 3.05) is 12.4 Å². The molecule has 5 nitrogen and oxygen atoms in total. The maximum atomic E-state index is 12.2.